The van der Waals surface area contributed by atoms with Crippen molar-refractivity contribution in [3.8, 4) is 0 Å². The number of fused-ring (bicyclic) bond motifs is 1. The van der Waals surface area contributed by atoms with Gasteiger partial charge in [-0.3, -0.25) is 4.79 Å². The summed E-state index contributed by atoms with van der Waals surface area (Å²) in [5.41, 5.74) is -1.67. The molecule has 1 aliphatic carbocycles. The Balaban J connectivity index is 2.31. The van der Waals surface area contributed by atoms with Crippen molar-refractivity contribution in [2.75, 3.05) is 19.8 Å². The summed E-state index contributed by atoms with van der Waals surface area (Å²) in [5.74, 6) is -0.785. The van der Waals surface area contributed by atoms with E-state index in [4.69, 9.17) is 13.3 Å². The van der Waals surface area contributed by atoms with Crippen molar-refractivity contribution in [3.63, 3.8) is 0 Å². The van der Waals surface area contributed by atoms with Gasteiger partial charge in [0, 0.05) is 26.8 Å². The van der Waals surface area contributed by atoms with Crippen LogP contribution in [0.25, 0.3) is 10.1 Å². The van der Waals surface area contributed by atoms with Gasteiger partial charge in [-0.2, -0.15) is 0 Å². The number of aliphatic hydroxyl groups is 3. The summed E-state index contributed by atoms with van der Waals surface area (Å²) in [4.78, 5) is 12.6. The van der Waals surface area contributed by atoms with Gasteiger partial charge in [0.05, 0.1) is 38.1 Å². The average Bonchev–Trinajstić information content (AvgIpc) is 3.64. The zero-order valence-corrected chi connectivity index (χ0v) is 43.0. The summed E-state index contributed by atoms with van der Waals surface area (Å²) in [7, 11) is -6.93. The number of hydrogen-bond donors (Lipinski definition) is 4. The fraction of sp³-hybridized carbons (Fsp3) is 0.804. The third-order valence-electron chi connectivity index (χ3n) is 15.0. The van der Waals surface area contributed by atoms with E-state index in [0.29, 0.717) is 19.3 Å². The predicted octanol–water partition coefficient (Wildman–Crippen LogP) is 12.3. The Bertz CT molecular complexity index is 1560. The molecule has 4 N–H and O–H groups in total. The quantitative estimate of drug-likeness (QED) is 0.0680. The van der Waals surface area contributed by atoms with Gasteiger partial charge >= 0.3 is 5.97 Å². The van der Waals surface area contributed by atoms with Gasteiger partial charge in [0.15, 0.2) is 25.0 Å². The van der Waals surface area contributed by atoms with Crippen molar-refractivity contribution in [2.24, 2.45) is 16.7 Å². The normalized spacial score (nSPS) is 22.2. The number of aliphatic hydroxyl groups excluding tert-OH is 3. The van der Waals surface area contributed by atoms with Crippen molar-refractivity contribution in [2.45, 2.75) is 199 Å². The smallest absolute Gasteiger partial charge is 0.303 e. The first-order chi connectivity index (χ1) is 26.5. The van der Waals surface area contributed by atoms with Gasteiger partial charge in [0.2, 0.25) is 0 Å². The molecular formula is C46H84O8SSi3. The highest BCUT2D eigenvalue weighted by Gasteiger charge is 2.61. The van der Waals surface area contributed by atoms with E-state index in [9.17, 15) is 25.2 Å². The Kier molecular flexibility index (Phi) is 17.4. The van der Waals surface area contributed by atoms with Gasteiger partial charge in [-0.15, -0.1) is 11.3 Å². The highest BCUT2D eigenvalue weighted by molar-refractivity contribution is 7.19. The number of rotatable bonds is 22. The number of benzene rings is 1. The fourth-order valence-corrected chi connectivity index (χ4v) is 13.4. The largest absolute Gasteiger partial charge is 0.481 e. The molecule has 1 aromatic carbocycles. The predicted molar refractivity (Wildman–Crippen MR) is 250 cm³/mol. The molecule has 1 aliphatic rings. The molecule has 1 fully saturated rings. The van der Waals surface area contributed by atoms with Crippen molar-refractivity contribution in [3.05, 3.63) is 35.2 Å². The molecule has 0 aliphatic heterocycles. The standard InChI is InChI=1S/C46H84O8SSi3/c1-42(2,3)56(10,11)52-36(39-28-34-22-19-20-23-38(34)55-39)26-25-35-37(53-57(12,13)43(4,5)6)29-40(54-58(14,15)44(7,8)9)46(35,30-45(31-47,32-48)33-49)27-21-17-16-18-24-41(50)51/h19-20,22-23,28,35-37,40,47-49H,16-18,21,24-27,29-33H2,1-15H3,(H,50,51)/t35-,36+,37+,40-,46-/m0/s1. The molecule has 5 atom stereocenters. The number of aliphatic carboxylic acids is 1. The molecule has 1 heterocycles. The van der Waals surface area contributed by atoms with Crippen molar-refractivity contribution in [1.82, 2.24) is 0 Å². The lowest BCUT2D eigenvalue weighted by atomic mass is 9.62. The fourth-order valence-electron chi connectivity index (χ4n) is 8.14. The second-order valence-corrected chi connectivity index (χ2v) is 37.8. The molecular weight excluding hydrogens is 797 g/mol. The molecule has 2 aromatic rings. The maximum Gasteiger partial charge on any atom is 0.303 e. The zero-order chi connectivity index (χ0) is 44.2. The summed E-state index contributed by atoms with van der Waals surface area (Å²) >= 11 is 1.82. The molecule has 0 bridgehead atoms. The van der Waals surface area contributed by atoms with Crippen LogP contribution in [-0.2, 0) is 18.1 Å². The van der Waals surface area contributed by atoms with Crippen LogP contribution in [0.3, 0.4) is 0 Å². The summed E-state index contributed by atoms with van der Waals surface area (Å²) in [5, 5.41) is 43.6. The Morgan fingerprint density at radius 2 is 1.33 bits per heavy atom. The summed E-state index contributed by atoms with van der Waals surface area (Å²) in [6.45, 7) is 33.5. The zero-order valence-electron chi connectivity index (χ0n) is 39.2. The van der Waals surface area contributed by atoms with Gasteiger partial charge in [0.1, 0.15) is 0 Å². The lowest BCUT2D eigenvalue weighted by Gasteiger charge is -2.50. The van der Waals surface area contributed by atoms with Crippen LogP contribution in [0.4, 0.5) is 0 Å². The number of thiophene rings is 1. The minimum Gasteiger partial charge on any atom is -0.481 e. The van der Waals surface area contributed by atoms with Crippen LogP contribution in [0.15, 0.2) is 30.3 Å². The van der Waals surface area contributed by atoms with E-state index in [1.54, 1.807) is 0 Å². The first-order valence-corrected chi connectivity index (χ1v) is 31.6. The number of carbonyl (C=O) groups is 1. The number of hydrogen-bond acceptors (Lipinski definition) is 8. The third-order valence-corrected chi connectivity index (χ3v) is 29.7. The Hall–Kier alpha value is -0.939. The molecule has 1 saturated carbocycles. The molecule has 0 unspecified atom stereocenters. The van der Waals surface area contributed by atoms with Crippen LogP contribution in [0, 0.1) is 16.7 Å². The van der Waals surface area contributed by atoms with Crippen molar-refractivity contribution < 1.29 is 38.5 Å². The molecule has 3 rings (SSSR count). The van der Waals surface area contributed by atoms with Gasteiger partial charge in [-0.05, 0) is 116 Å². The average molecular weight is 881 g/mol. The van der Waals surface area contributed by atoms with Crippen LogP contribution in [0.1, 0.15) is 138 Å². The van der Waals surface area contributed by atoms with E-state index in [1.165, 1.54) is 15.0 Å². The lowest BCUT2D eigenvalue weighted by Crippen LogP contribution is -2.52. The molecule has 1 aromatic heterocycles. The molecule has 334 valence electrons. The summed E-state index contributed by atoms with van der Waals surface area (Å²) in [6.07, 6.45) is 6.27. The highest BCUT2D eigenvalue weighted by atomic mass is 32.1. The van der Waals surface area contributed by atoms with Crippen molar-refractivity contribution in [1.29, 1.82) is 0 Å². The van der Waals surface area contributed by atoms with E-state index >= 15 is 0 Å². The highest BCUT2D eigenvalue weighted by Crippen LogP contribution is 2.60. The minimum absolute atomic E-state index is 0.0126. The lowest BCUT2D eigenvalue weighted by molar-refractivity contribution is -0.137. The summed E-state index contributed by atoms with van der Waals surface area (Å²) < 4.78 is 23.9. The van der Waals surface area contributed by atoms with E-state index in [2.05, 4.69) is 132 Å². The maximum atomic E-state index is 11.4. The number of carboxylic acid groups (broad SMARTS) is 1. The summed E-state index contributed by atoms with van der Waals surface area (Å²) in [6, 6.07) is 10.9. The van der Waals surface area contributed by atoms with Crippen LogP contribution in [0.2, 0.25) is 54.4 Å². The molecule has 0 spiro atoms. The molecule has 12 heteroatoms. The Morgan fingerprint density at radius 3 is 1.84 bits per heavy atom. The van der Waals surface area contributed by atoms with E-state index in [1.807, 2.05) is 11.3 Å². The van der Waals surface area contributed by atoms with Crippen LogP contribution >= 0.6 is 11.3 Å². The number of unbranched alkanes of at least 4 members (excludes halogenated alkanes) is 3. The third kappa shape index (κ3) is 12.4. The van der Waals surface area contributed by atoms with Gasteiger partial charge in [0.25, 0.3) is 0 Å². The van der Waals surface area contributed by atoms with E-state index in [0.717, 1.165) is 38.5 Å². The van der Waals surface area contributed by atoms with Crippen LogP contribution < -0.4 is 0 Å². The molecule has 0 saturated heterocycles. The SMILES string of the molecule is CC(C)(C)[Si](C)(C)O[C@H]1C[C@@H](O[Si](C)(C)C(C)(C)C)[C@H](CC[C@@H](O[Si](C)(C)C(C)(C)C)c2cc3ccccc3s2)[C@]1(CCCCCCC(=O)O)CC(CO)(CO)CO. The van der Waals surface area contributed by atoms with Gasteiger partial charge in [-0.25, -0.2) is 0 Å². The Morgan fingerprint density at radius 1 is 0.793 bits per heavy atom. The topological polar surface area (TPSA) is 126 Å². The van der Waals surface area contributed by atoms with Gasteiger partial charge in [-0.1, -0.05) is 99.8 Å². The van der Waals surface area contributed by atoms with E-state index < -0.39 is 41.8 Å². The van der Waals surface area contributed by atoms with Crippen molar-refractivity contribution >= 4 is 52.3 Å². The monoisotopic (exact) mass is 881 g/mol. The van der Waals surface area contributed by atoms with E-state index in [-0.39, 0.29) is 65.6 Å². The van der Waals surface area contributed by atoms with Crippen LogP contribution in [0.5, 0.6) is 0 Å². The maximum absolute atomic E-state index is 11.4. The second kappa shape index (κ2) is 19.6. The number of carboxylic acids is 1. The molecule has 0 amide bonds. The van der Waals surface area contributed by atoms with Gasteiger partial charge < -0.3 is 33.7 Å². The molecule has 58 heavy (non-hydrogen) atoms. The molecule has 0 radical (unpaired) electrons. The molecule has 8 nitrogen and oxygen atoms in total. The first-order valence-electron chi connectivity index (χ1n) is 22.1. The minimum atomic E-state index is -2.38. The van der Waals surface area contributed by atoms with Crippen LogP contribution in [-0.4, -0.2) is 83.4 Å². The first kappa shape index (κ1) is 51.4. The second-order valence-electron chi connectivity index (χ2n) is 22.4. The Labute approximate surface area is 360 Å².